The van der Waals surface area contributed by atoms with E-state index in [1.165, 1.54) is 17.4 Å². The monoisotopic (exact) mass is 358 g/mol. The maximum Gasteiger partial charge on any atom is 0.240 e. The smallest absolute Gasteiger partial charge is 0.240 e. The van der Waals surface area contributed by atoms with Crippen LogP contribution in [0.5, 0.6) is 0 Å². The third kappa shape index (κ3) is 5.91. The number of carbonyl (C=O) groups is 2. The molecule has 2 aromatic rings. The molecule has 2 aromatic carbocycles. The van der Waals surface area contributed by atoms with Crippen LogP contribution in [0.25, 0.3) is 0 Å². The summed E-state index contributed by atoms with van der Waals surface area (Å²) in [5.41, 5.74) is 3.03. The molecule has 0 saturated heterocycles. The zero-order valence-electron chi connectivity index (χ0n) is 14.6. The lowest BCUT2D eigenvalue weighted by Crippen LogP contribution is -2.40. The van der Waals surface area contributed by atoms with Crippen LogP contribution in [0, 0.1) is 0 Å². The van der Waals surface area contributed by atoms with Crippen molar-refractivity contribution in [2.45, 2.75) is 26.7 Å². The highest BCUT2D eigenvalue weighted by Crippen LogP contribution is 2.16. The Kier molecular flexibility index (Phi) is 7.02. The fraction of sp³-hybridized carbons (Fsp3) is 0.300. The Labute approximate surface area is 153 Å². The molecule has 2 rings (SSSR count). The van der Waals surface area contributed by atoms with E-state index < -0.39 is 0 Å². The highest BCUT2D eigenvalue weighted by atomic mass is 35.5. The molecule has 4 nitrogen and oxygen atoms in total. The molecule has 0 saturated carbocycles. The molecular weight excluding hydrogens is 336 g/mol. The third-order valence-electron chi connectivity index (χ3n) is 3.99. The molecule has 25 heavy (non-hydrogen) atoms. The number of nitrogens with one attached hydrogen (secondary N) is 1. The quantitative estimate of drug-likeness (QED) is 0.821. The highest BCUT2D eigenvalue weighted by molar-refractivity contribution is 6.30. The SMILES string of the molecule is CCc1ccc(N(CC(=O)NCCc2ccc(Cl)cc2)C(C)=O)cc1. The number of hydrogen-bond donors (Lipinski definition) is 1. The number of nitrogens with zero attached hydrogens (tertiary/aromatic N) is 1. The molecule has 0 aliphatic heterocycles. The highest BCUT2D eigenvalue weighted by Gasteiger charge is 2.15. The van der Waals surface area contributed by atoms with Crippen LogP contribution < -0.4 is 10.2 Å². The first-order valence-electron chi connectivity index (χ1n) is 8.37. The standard InChI is InChI=1S/C20H23ClN2O2/c1-3-16-6-10-19(11-7-16)23(15(2)24)14-20(25)22-13-12-17-4-8-18(21)9-5-17/h4-11H,3,12-14H2,1-2H3,(H,22,25). The van der Waals surface area contributed by atoms with E-state index in [2.05, 4.69) is 12.2 Å². The first-order chi connectivity index (χ1) is 12.0. The van der Waals surface area contributed by atoms with Gasteiger partial charge in [-0.2, -0.15) is 0 Å². The molecule has 2 amide bonds. The molecule has 5 heteroatoms. The van der Waals surface area contributed by atoms with Crippen molar-refractivity contribution in [2.24, 2.45) is 0 Å². The Bertz CT molecular complexity index is 711. The summed E-state index contributed by atoms with van der Waals surface area (Å²) < 4.78 is 0. The summed E-state index contributed by atoms with van der Waals surface area (Å²) in [6.07, 6.45) is 1.65. The van der Waals surface area contributed by atoms with Crippen molar-refractivity contribution in [1.29, 1.82) is 0 Å². The van der Waals surface area contributed by atoms with Gasteiger partial charge in [0.15, 0.2) is 0 Å². The van der Waals surface area contributed by atoms with Crippen molar-refractivity contribution in [1.82, 2.24) is 5.32 Å². The van der Waals surface area contributed by atoms with Crippen molar-refractivity contribution in [3.63, 3.8) is 0 Å². The predicted molar refractivity (Wildman–Crippen MR) is 102 cm³/mol. The molecule has 0 radical (unpaired) electrons. The van der Waals surface area contributed by atoms with Crippen molar-refractivity contribution in [3.05, 3.63) is 64.7 Å². The lowest BCUT2D eigenvalue weighted by Gasteiger charge is -2.21. The summed E-state index contributed by atoms with van der Waals surface area (Å²) in [4.78, 5) is 25.6. The van der Waals surface area contributed by atoms with Crippen LogP contribution in [0.4, 0.5) is 5.69 Å². The molecule has 132 valence electrons. The minimum absolute atomic E-state index is 0.0153. The first-order valence-corrected chi connectivity index (χ1v) is 8.75. The van der Waals surface area contributed by atoms with Gasteiger partial charge < -0.3 is 10.2 Å². The zero-order chi connectivity index (χ0) is 18.2. The van der Waals surface area contributed by atoms with Gasteiger partial charge in [-0.25, -0.2) is 0 Å². The van der Waals surface area contributed by atoms with Crippen LogP contribution in [0.2, 0.25) is 5.02 Å². The van der Waals surface area contributed by atoms with Crippen LogP contribution in [-0.4, -0.2) is 24.9 Å². The molecule has 0 aliphatic rings. The van der Waals surface area contributed by atoms with Gasteiger partial charge in [-0.1, -0.05) is 42.8 Å². The van der Waals surface area contributed by atoms with Gasteiger partial charge in [0.25, 0.3) is 0 Å². The van der Waals surface area contributed by atoms with Crippen molar-refractivity contribution < 1.29 is 9.59 Å². The second-order valence-electron chi connectivity index (χ2n) is 5.85. The van der Waals surface area contributed by atoms with Gasteiger partial charge in [0, 0.05) is 24.2 Å². The van der Waals surface area contributed by atoms with Crippen molar-refractivity contribution in [2.75, 3.05) is 18.0 Å². The number of hydrogen-bond acceptors (Lipinski definition) is 2. The molecule has 0 fully saturated rings. The summed E-state index contributed by atoms with van der Waals surface area (Å²) in [5.74, 6) is -0.333. The van der Waals surface area contributed by atoms with E-state index in [1.807, 2.05) is 48.5 Å². The number of carbonyl (C=O) groups excluding carboxylic acids is 2. The fourth-order valence-corrected chi connectivity index (χ4v) is 2.62. The Balaban J connectivity index is 1.88. The number of aryl methyl sites for hydroxylation is 1. The van der Waals surface area contributed by atoms with Crippen molar-refractivity contribution in [3.8, 4) is 0 Å². The average Bonchev–Trinajstić information content (AvgIpc) is 2.61. The van der Waals surface area contributed by atoms with E-state index in [-0.39, 0.29) is 18.4 Å². The summed E-state index contributed by atoms with van der Waals surface area (Å²) in [6, 6.07) is 15.2. The van der Waals surface area contributed by atoms with E-state index in [1.54, 1.807) is 0 Å². The maximum absolute atomic E-state index is 12.2. The van der Waals surface area contributed by atoms with Gasteiger partial charge in [-0.15, -0.1) is 0 Å². The van der Waals surface area contributed by atoms with Crippen LogP contribution in [-0.2, 0) is 22.4 Å². The second kappa shape index (κ2) is 9.23. The second-order valence-corrected chi connectivity index (χ2v) is 6.29. The van der Waals surface area contributed by atoms with E-state index in [0.717, 1.165) is 17.7 Å². The average molecular weight is 359 g/mol. The number of rotatable bonds is 7. The minimum atomic E-state index is -0.177. The topological polar surface area (TPSA) is 49.4 Å². The number of amides is 2. The van der Waals surface area contributed by atoms with Gasteiger partial charge in [-0.05, 0) is 48.2 Å². The molecule has 1 N–H and O–H groups in total. The molecule has 0 heterocycles. The van der Waals surface area contributed by atoms with Crippen LogP contribution in [0.1, 0.15) is 25.0 Å². The predicted octanol–water partition coefficient (Wildman–Crippen LogP) is 3.61. The molecule has 0 unspecified atom stereocenters. The van der Waals surface area contributed by atoms with Crippen LogP contribution in [0.15, 0.2) is 48.5 Å². The molecule has 0 bridgehead atoms. The number of anilines is 1. The largest absolute Gasteiger partial charge is 0.354 e. The maximum atomic E-state index is 12.2. The molecule has 0 spiro atoms. The summed E-state index contributed by atoms with van der Waals surface area (Å²) >= 11 is 5.85. The van der Waals surface area contributed by atoms with Crippen LogP contribution >= 0.6 is 11.6 Å². The summed E-state index contributed by atoms with van der Waals surface area (Å²) in [5, 5.41) is 3.55. The lowest BCUT2D eigenvalue weighted by atomic mass is 10.1. The van der Waals surface area contributed by atoms with Crippen molar-refractivity contribution >= 4 is 29.1 Å². The Morgan fingerprint density at radius 1 is 1.00 bits per heavy atom. The lowest BCUT2D eigenvalue weighted by molar-refractivity contribution is -0.123. The number of halogens is 1. The first kappa shape index (κ1) is 19.0. The van der Waals surface area contributed by atoms with Crippen LogP contribution in [0.3, 0.4) is 0 Å². The Morgan fingerprint density at radius 3 is 2.16 bits per heavy atom. The van der Waals surface area contributed by atoms with E-state index >= 15 is 0 Å². The molecule has 0 aromatic heterocycles. The molecule has 0 atom stereocenters. The third-order valence-corrected chi connectivity index (χ3v) is 4.24. The Morgan fingerprint density at radius 2 is 1.60 bits per heavy atom. The fourth-order valence-electron chi connectivity index (χ4n) is 2.49. The molecular formula is C20H23ClN2O2. The zero-order valence-corrected chi connectivity index (χ0v) is 15.3. The van der Waals surface area contributed by atoms with Gasteiger partial charge in [0.2, 0.25) is 11.8 Å². The van der Waals surface area contributed by atoms with E-state index in [9.17, 15) is 9.59 Å². The Hall–Kier alpha value is -2.33. The summed E-state index contributed by atoms with van der Waals surface area (Å²) in [6.45, 7) is 4.07. The number of benzene rings is 2. The van der Waals surface area contributed by atoms with Gasteiger partial charge in [0.05, 0.1) is 0 Å². The normalized spacial score (nSPS) is 10.4. The minimum Gasteiger partial charge on any atom is -0.354 e. The van der Waals surface area contributed by atoms with Gasteiger partial charge in [-0.3, -0.25) is 9.59 Å². The summed E-state index contributed by atoms with van der Waals surface area (Å²) in [7, 11) is 0. The molecule has 0 aliphatic carbocycles. The van der Waals surface area contributed by atoms with E-state index in [0.29, 0.717) is 18.0 Å². The van der Waals surface area contributed by atoms with Gasteiger partial charge in [0.1, 0.15) is 6.54 Å². The van der Waals surface area contributed by atoms with Gasteiger partial charge >= 0.3 is 0 Å². The van der Waals surface area contributed by atoms with E-state index in [4.69, 9.17) is 11.6 Å².